The summed E-state index contributed by atoms with van der Waals surface area (Å²) in [5.74, 6) is -0.166. The van der Waals surface area contributed by atoms with Crippen LogP contribution in [0.1, 0.15) is 37.8 Å². The molecule has 3 rings (SSSR count). The van der Waals surface area contributed by atoms with E-state index in [9.17, 15) is 9.59 Å². The number of halogens is 1. The number of hydrogen-bond acceptors (Lipinski definition) is 4. The average Bonchev–Trinajstić information content (AvgIpc) is 3.25. The predicted molar refractivity (Wildman–Crippen MR) is 117 cm³/mol. The summed E-state index contributed by atoms with van der Waals surface area (Å²) in [5.41, 5.74) is 2.92. The number of benzene rings is 1. The summed E-state index contributed by atoms with van der Waals surface area (Å²) < 4.78 is 1.76. The molecule has 29 heavy (non-hydrogen) atoms. The Morgan fingerprint density at radius 3 is 2.55 bits per heavy atom. The molecule has 0 spiro atoms. The van der Waals surface area contributed by atoms with E-state index in [0.717, 1.165) is 17.7 Å². The molecule has 0 aliphatic carbocycles. The second-order valence-corrected chi connectivity index (χ2v) is 8.54. The highest BCUT2D eigenvalue weighted by atomic mass is 35.5. The molecule has 2 heterocycles. The minimum Gasteiger partial charge on any atom is -0.326 e. The molecule has 0 saturated carbocycles. The Hall–Kier alpha value is -2.38. The molecule has 2 amide bonds. The van der Waals surface area contributed by atoms with E-state index in [4.69, 9.17) is 0 Å². The van der Waals surface area contributed by atoms with Crippen LogP contribution in [0, 0.1) is 18.3 Å². The smallest absolute Gasteiger partial charge is 0.229 e. The van der Waals surface area contributed by atoms with Crippen LogP contribution in [0.4, 0.5) is 11.4 Å². The summed E-state index contributed by atoms with van der Waals surface area (Å²) in [7, 11) is 1.88. The minimum atomic E-state index is -0.485. The fourth-order valence-corrected chi connectivity index (χ4v) is 3.31. The molecule has 1 aromatic carbocycles. The zero-order chi connectivity index (χ0) is 20.5. The van der Waals surface area contributed by atoms with Crippen LogP contribution >= 0.6 is 12.4 Å². The van der Waals surface area contributed by atoms with E-state index in [1.807, 2.05) is 65.3 Å². The third-order valence-corrected chi connectivity index (χ3v) is 5.14. The van der Waals surface area contributed by atoms with Crippen molar-refractivity contribution >= 4 is 35.6 Å². The van der Waals surface area contributed by atoms with Gasteiger partial charge in [-0.15, -0.1) is 12.4 Å². The molecule has 1 aromatic heterocycles. The Kier molecular flexibility index (Phi) is 7.08. The summed E-state index contributed by atoms with van der Waals surface area (Å²) in [6, 6.07) is 5.57. The highest BCUT2D eigenvalue weighted by molar-refractivity contribution is 5.97. The van der Waals surface area contributed by atoms with Crippen molar-refractivity contribution < 1.29 is 9.59 Å². The molecule has 2 aromatic rings. The zero-order valence-electron chi connectivity index (χ0n) is 17.6. The molecule has 1 aliphatic rings. The fraction of sp³-hybridized carbons (Fsp3) is 0.476. The van der Waals surface area contributed by atoms with E-state index in [1.165, 1.54) is 0 Å². The maximum atomic E-state index is 13.0. The van der Waals surface area contributed by atoms with Gasteiger partial charge in [0.2, 0.25) is 11.8 Å². The van der Waals surface area contributed by atoms with E-state index in [0.29, 0.717) is 17.9 Å². The third kappa shape index (κ3) is 5.36. The lowest BCUT2D eigenvalue weighted by atomic mass is 9.90. The largest absolute Gasteiger partial charge is 0.326 e. The van der Waals surface area contributed by atoms with E-state index >= 15 is 0 Å². The van der Waals surface area contributed by atoms with Crippen molar-refractivity contribution in [1.82, 2.24) is 15.1 Å². The first kappa shape index (κ1) is 22.9. The van der Waals surface area contributed by atoms with Crippen LogP contribution in [0.5, 0.6) is 0 Å². The number of aromatic nitrogens is 2. The predicted octanol–water partition coefficient (Wildman–Crippen LogP) is 3.08. The number of aryl methyl sites for hydroxylation is 2. The van der Waals surface area contributed by atoms with Gasteiger partial charge in [0.05, 0.1) is 12.1 Å². The summed E-state index contributed by atoms with van der Waals surface area (Å²) in [4.78, 5) is 25.2. The van der Waals surface area contributed by atoms with Crippen LogP contribution in [-0.4, -0.2) is 34.7 Å². The Balaban J connectivity index is 0.00000300. The van der Waals surface area contributed by atoms with Gasteiger partial charge in [0.1, 0.15) is 0 Å². The fourth-order valence-electron chi connectivity index (χ4n) is 3.31. The molecular weight excluding hydrogens is 390 g/mol. The molecule has 1 saturated heterocycles. The van der Waals surface area contributed by atoms with Crippen molar-refractivity contribution in [2.24, 2.45) is 18.4 Å². The van der Waals surface area contributed by atoms with Gasteiger partial charge in [-0.1, -0.05) is 26.8 Å². The second-order valence-electron chi connectivity index (χ2n) is 8.54. The zero-order valence-corrected chi connectivity index (χ0v) is 18.4. The molecule has 7 nitrogen and oxygen atoms in total. The number of nitrogens with one attached hydrogen (secondary N) is 3. The first-order chi connectivity index (χ1) is 13.1. The standard InChI is InChI=1S/C21H29N5O2.ClH/c1-13-6-7-15(24-20(28)21(2,3)4)8-18(13)25-19(27)17-11-22-10-16(17)14-9-23-26(5)12-14;/h6-9,12,16-17,22H,10-11H2,1-5H3,(H,24,28)(H,25,27);1H/t16-,17+;/m1./s1. The van der Waals surface area contributed by atoms with Gasteiger partial charge in [0.15, 0.2) is 0 Å². The number of anilines is 2. The van der Waals surface area contributed by atoms with Crippen LogP contribution in [0.15, 0.2) is 30.6 Å². The molecule has 1 fully saturated rings. The topological polar surface area (TPSA) is 88.1 Å². The van der Waals surface area contributed by atoms with Crippen molar-refractivity contribution in [3.63, 3.8) is 0 Å². The molecule has 158 valence electrons. The average molecular weight is 420 g/mol. The molecule has 8 heteroatoms. The lowest BCUT2D eigenvalue weighted by Gasteiger charge is -2.20. The molecule has 0 unspecified atom stereocenters. The van der Waals surface area contributed by atoms with Crippen LogP contribution in [-0.2, 0) is 16.6 Å². The van der Waals surface area contributed by atoms with E-state index in [-0.39, 0.29) is 36.1 Å². The maximum Gasteiger partial charge on any atom is 0.229 e. The Morgan fingerprint density at radius 2 is 1.93 bits per heavy atom. The monoisotopic (exact) mass is 419 g/mol. The highest BCUT2D eigenvalue weighted by Gasteiger charge is 2.35. The SMILES string of the molecule is Cc1ccc(NC(=O)C(C)(C)C)cc1NC(=O)[C@H]1CNC[C@@H]1c1cnn(C)c1.Cl. The maximum absolute atomic E-state index is 13.0. The molecule has 3 N–H and O–H groups in total. The first-order valence-electron chi connectivity index (χ1n) is 9.57. The van der Waals surface area contributed by atoms with Crippen molar-refractivity contribution in [1.29, 1.82) is 0 Å². The lowest BCUT2D eigenvalue weighted by molar-refractivity contribution is -0.123. The highest BCUT2D eigenvalue weighted by Crippen LogP contribution is 2.30. The van der Waals surface area contributed by atoms with Gasteiger partial charge in [-0.25, -0.2) is 0 Å². The van der Waals surface area contributed by atoms with Gasteiger partial charge in [-0.3, -0.25) is 14.3 Å². The summed E-state index contributed by atoms with van der Waals surface area (Å²) in [6.45, 7) is 8.92. The van der Waals surface area contributed by atoms with E-state index in [1.54, 1.807) is 4.68 Å². The first-order valence-corrected chi connectivity index (χ1v) is 9.57. The van der Waals surface area contributed by atoms with Crippen LogP contribution in [0.3, 0.4) is 0 Å². The molecule has 0 bridgehead atoms. The summed E-state index contributed by atoms with van der Waals surface area (Å²) >= 11 is 0. The van der Waals surface area contributed by atoms with Crippen molar-refractivity contribution in [2.75, 3.05) is 23.7 Å². The number of carbonyl (C=O) groups excluding carboxylic acids is 2. The lowest BCUT2D eigenvalue weighted by Crippen LogP contribution is -2.29. The second kappa shape index (κ2) is 8.97. The molecule has 2 atom stereocenters. The quantitative estimate of drug-likeness (QED) is 0.710. The summed E-state index contributed by atoms with van der Waals surface area (Å²) in [6.07, 6.45) is 3.79. The van der Waals surface area contributed by atoms with Crippen LogP contribution in [0.25, 0.3) is 0 Å². The van der Waals surface area contributed by atoms with Gasteiger partial charge in [0, 0.05) is 49.0 Å². The van der Waals surface area contributed by atoms with Gasteiger partial charge in [-0.05, 0) is 30.2 Å². The van der Waals surface area contributed by atoms with Crippen LogP contribution < -0.4 is 16.0 Å². The van der Waals surface area contributed by atoms with E-state index in [2.05, 4.69) is 21.0 Å². The van der Waals surface area contributed by atoms with Gasteiger partial charge >= 0.3 is 0 Å². The van der Waals surface area contributed by atoms with Crippen LogP contribution in [0.2, 0.25) is 0 Å². The molecular formula is C21H30ClN5O2. The number of amides is 2. The third-order valence-electron chi connectivity index (χ3n) is 5.14. The Bertz CT molecular complexity index is 887. The van der Waals surface area contributed by atoms with Gasteiger partial charge in [0.25, 0.3) is 0 Å². The van der Waals surface area contributed by atoms with Gasteiger partial charge in [-0.2, -0.15) is 5.10 Å². The Labute approximate surface area is 178 Å². The number of carbonyl (C=O) groups is 2. The molecule has 1 aliphatic heterocycles. The van der Waals surface area contributed by atoms with E-state index < -0.39 is 5.41 Å². The van der Waals surface area contributed by atoms with Crippen molar-refractivity contribution in [3.05, 3.63) is 41.7 Å². The van der Waals surface area contributed by atoms with Crippen molar-refractivity contribution in [2.45, 2.75) is 33.6 Å². The number of rotatable bonds is 4. The van der Waals surface area contributed by atoms with Crippen molar-refractivity contribution in [3.8, 4) is 0 Å². The summed E-state index contributed by atoms with van der Waals surface area (Å²) in [5, 5.41) is 13.5. The number of hydrogen-bond donors (Lipinski definition) is 3. The number of nitrogens with zero attached hydrogens (tertiary/aromatic N) is 2. The molecule has 0 radical (unpaired) electrons. The minimum absolute atomic E-state index is 0. The normalized spacial score (nSPS) is 18.8. The Morgan fingerprint density at radius 1 is 1.21 bits per heavy atom. The van der Waals surface area contributed by atoms with Gasteiger partial charge < -0.3 is 16.0 Å².